The highest BCUT2D eigenvalue weighted by atomic mass is 16.3. The summed E-state index contributed by atoms with van der Waals surface area (Å²) in [5.74, 6) is 0.109. The molecule has 0 aliphatic carbocycles. The van der Waals surface area contributed by atoms with E-state index in [0.717, 1.165) is 11.1 Å². The molecule has 0 atom stereocenters. The van der Waals surface area contributed by atoms with Gasteiger partial charge >= 0.3 is 0 Å². The van der Waals surface area contributed by atoms with Crippen LogP contribution in [0.15, 0.2) is 48.5 Å². The first-order valence-electron chi connectivity index (χ1n) is 6.71. The molecule has 2 rings (SSSR count). The van der Waals surface area contributed by atoms with Crippen molar-refractivity contribution in [1.29, 1.82) is 5.26 Å². The van der Waals surface area contributed by atoms with Gasteiger partial charge in [0.05, 0.1) is 12.5 Å². The van der Waals surface area contributed by atoms with Crippen LogP contribution in [0.3, 0.4) is 0 Å². The van der Waals surface area contributed by atoms with Gasteiger partial charge in [0.2, 0.25) is 5.91 Å². The molecule has 0 aromatic heterocycles. The lowest BCUT2D eigenvalue weighted by Gasteiger charge is -2.07. The molecule has 4 heteroatoms. The van der Waals surface area contributed by atoms with Crippen molar-refractivity contribution >= 4 is 11.6 Å². The Labute approximate surface area is 123 Å². The molecule has 21 heavy (non-hydrogen) atoms. The zero-order valence-corrected chi connectivity index (χ0v) is 11.5. The molecular weight excluding hydrogens is 264 g/mol. The van der Waals surface area contributed by atoms with Gasteiger partial charge in [-0.1, -0.05) is 30.3 Å². The van der Waals surface area contributed by atoms with Crippen LogP contribution >= 0.6 is 0 Å². The normalized spacial score (nSPS) is 9.86. The fourth-order valence-corrected chi connectivity index (χ4v) is 1.99. The van der Waals surface area contributed by atoms with Gasteiger partial charge in [-0.2, -0.15) is 5.26 Å². The standard InChI is InChI=1S/C17H16N2O2/c18-12-11-13-5-8-15(9-6-13)19-17(21)10-7-14-3-1-2-4-16(14)20/h1-6,8-9,20H,7,10-11H2,(H,19,21). The summed E-state index contributed by atoms with van der Waals surface area (Å²) >= 11 is 0. The van der Waals surface area contributed by atoms with Crippen LogP contribution in [-0.2, 0) is 17.6 Å². The molecule has 0 bridgehead atoms. The Morgan fingerprint density at radius 3 is 2.52 bits per heavy atom. The number of phenolic OH excluding ortho intramolecular Hbond substituents is 1. The number of carbonyl (C=O) groups is 1. The summed E-state index contributed by atoms with van der Waals surface area (Å²) in [6.45, 7) is 0. The first-order chi connectivity index (χ1) is 10.2. The molecule has 0 aliphatic rings. The number of nitrogens with zero attached hydrogens (tertiary/aromatic N) is 1. The van der Waals surface area contributed by atoms with Gasteiger partial charge in [-0.3, -0.25) is 4.79 Å². The number of nitriles is 1. The van der Waals surface area contributed by atoms with Crippen molar-refractivity contribution in [2.75, 3.05) is 5.32 Å². The van der Waals surface area contributed by atoms with E-state index in [1.165, 1.54) is 0 Å². The number of hydrogen-bond acceptors (Lipinski definition) is 3. The van der Waals surface area contributed by atoms with Crippen molar-refractivity contribution < 1.29 is 9.90 Å². The third kappa shape index (κ3) is 4.36. The minimum atomic E-state index is -0.105. The number of para-hydroxylation sites is 1. The van der Waals surface area contributed by atoms with E-state index in [9.17, 15) is 9.90 Å². The number of phenols is 1. The van der Waals surface area contributed by atoms with Crippen LogP contribution < -0.4 is 5.32 Å². The van der Waals surface area contributed by atoms with Crippen LogP contribution in [-0.4, -0.2) is 11.0 Å². The van der Waals surface area contributed by atoms with Crippen molar-refractivity contribution in [3.05, 3.63) is 59.7 Å². The summed E-state index contributed by atoms with van der Waals surface area (Å²) in [7, 11) is 0. The van der Waals surface area contributed by atoms with Gasteiger partial charge in [0, 0.05) is 12.1 Å². The van der Waals surface area contributed by atoms with Gasteiger partial charge in [0.1, 0.15) is 5.75 Å². The molecule has 0 radical (unpaired) electrons. The average Bonchev–Trinajstić information content (AvgIpc) is 2.49. The van der Waals surface area contributed by atoms with E-state index in [2.05, 4.69) is 11.4 Å². The molecule has 0 heterocycles. The maximum absolute atomic E-state index is 11.9. The highest BCUT2D eigenvalue weighted by Gasteiger charge is 2.05. The summed E-state index contributed by atoms with van der Waals surface area (Å²) in [5.41, 5.74) is 2.39. The quantitative estimate of drug-likeness (QED) is 0.884. The average molecular weight is 280 g/mol. The van der Waals surface area contributed by atoms with Gasteiger partial charge in [-0.05, 0) is 35.7 Å². The Kier molecular flexibility index (Phi) is 4.94. The molecule has 0 saturated carbocycles. The zero-order valence-electron chi connectivity index (χ0n) is 11.5. The summed E-state index contributed by atoms with van der Waals surface area (Å²) < 4.78 is 0. The van der Waals surface area contributed by atoms with E-state index in [-0.39, 0.29) is 11.7 Å². The lowest BCUT2D eigenvalue weighted by Crippen LogP contribution is -2.12. The molecule has 0 fully saturated rings. The first kappa shape index (κ1) is 14.6. The lowest BCUT2D eigenvalue weighted by molar-refractivity contribution is -0.116. The lowest BCUT2D eigenvalue weighted by atomic mass is 10.1. The topological polar surface area (TPSA) is 73.1 Å². The molecule has 0 saturated heterocycles. The number of hydrogen-bond donors (Lipinski definition) is 2. The number of benzene rings is 2. The Hall–Kier alpha value is -2.80. The molecule has 2 aromatic rings. The van der Waals surface area contributed by atoms with Crippen LogP contribution in [0.5, 0.6) is 5.75 Å². The second-order valence-electron chi connectivity index (χ2n) is 4.71. The van der Waals surface area contributed by atoms with Crippen molar-refractivity contribution in [2.24, 2.45) is 0 Å². The van der Waals surface area contributed by atoms with Crippen molar-refractivity contribution in [3.63, 3.8) is 0 Å². The van der Waals surface area contributed by atoms with E-state index >= 15 is 0 Å². The number of aromatic hydroxyl groups is 1. The first-order valence-corrected chi connectivity index (χ1v) is 6.71. The fraction of sp³-hybridized carbons (Fsp3) is 0.176. The highest BCUT2D eigenvalue weighted by Crippen LogP contribution is 2.17. The fourth-order valence-electron chi connectivity index (χ4n) is 1.99. The Morgan fingerprint density at radius 2 is 1.86 bits per heavy atom. The molecule has 1 amide bonds. The number of amides is 1. The summed E-state index contributed by atoms with van der Waals surface area (Å²) in [6, 6.07) is 16.3. The molecule has 4 nitrogen and oxygen atoms in total. The Bertz CT molecular complexity index is 657. The number of rotatable bonds is 5. The van der Waals surface area contributed by atoms with Gasteiger partial charge < -0.3 is 10.4 Å². The summed E-state index contributed by atoms with van der Waals surface area (Å²) in [6.07, 6.45) is 1.16. The van der Waals surface area contributed by atoms with Crippen LogP contribution in [0.2, 0.25) is 0 Å². The smallest absolute Gasteiger partial charge is 0.224 e. The number of anilines is 1. The zero-order chi connectivity index (χ0) is 15.1. The molecule has 0 aliphatic heterocycles. The predicted molar refractivity (Wildman–Crippen MR) is 80.8 cm³/mol. The molecule has 0 unspecified atom stereocenters. The third-order valence-corrected chi connectivity index (χ3v) is 3.13. The van der Waals surface area contributed by atoms with Crippen molar-refractivity contribution in [2.45, 2.75) is 19.3 Å². The maximum atomic E-state index is 11.9. The third-order valence-electron chi connectivity index (χ3n) is 3.13. The minimum absolute atomic E-state index is 0.105. The Balaban J connectivity index is 1.87. The molecule has 2 aromatic carbocycles. The van der Waals surface area contributed by atoms with Gasteiger partial charge in [0.25, 0.3) is 0 Å². The van der Waals surface area contributed by atoms with Crippen LogP contribution in [0.25, 0.3) is 0 Å². The number of nitrogens with one attached hydrogen (secondary N) is 1. The minimum Gasteiger partial charge on any atom is -0.508 e. The van der Waals surface area contributed by atoms with E-state index in [0.29, 0.717) is 24.9 Å². The predicted octanol–water partition coefficient (Wildman–Crippen LogP) is 3.03. The molecular formula is C17H16N2O2. The second-order valence-corrected chi connectivity index (χ2v) is 4.71. The van der Waals surface area contributed by atoms with Crippen LogP contribution in [0.1, 0.15) is 17.5 Å². The van der Waals surface area contributed by atoms with E-state index in [1.54, 1.807) is 30.3 Å². The SMILES string of the molecule is N#CCc1ccc(NC(=O)CCc2ccccc2O)cc1. The summed E-state index contributed by atoms with van der Waals surface area (Å²) in [5, 5.41) is 21.0. The molecule has 0 spiro atoms. The monoisotopic (exact) mass is 280 g/mol. The second kappa shape index (κ2) is 7.11. The van der Waals surface area contributed by atoms with E-state index in [4.69, 9.17) is 5.26 Å². The number of aryl methyl sites for hydroxylation is 1. The maximum Gasteiger partial charge on any atom is 0.224 e. The van der Waals surface area contributed by atoms with Crippen molar-refractivity contribution in [1.82, 2.24) is 0 Å². The Morgan fingerprint density at radius 1 is 1.14 bits per heavy atom. The van der Waals surface area contributed by atoms with Crippen molar-refractivity contribution in [3.8, 4) is 11.8 Å². The van der Waals surface area contributed by atoms with Crippen LogP contribution in [0.4, 0.5) is 5.69 Å². The number of carbonyl (C=O) groups excluding carboxylic acids is 1. The largest absolute Gasteiger partial charge is 0.508 e. The highest BCUT2D eigenvalue weighted by molar-refractivity contribution is 5.90. The van der Waals surface area contributed by atoms with E-state index in [1.807, 2.05) is 18.2 Å². The molecule has 106 valence electrons. The summed E-state index contributed by atoms with van der Waals surface area (Å²) in [4.78, 5) is 11.9. The molecule has 2 N–H and O–H groups in total. The van der Waals surface area contributed by atoms with Gasteiger partial charge in [0.15, 0.2) is 0 Å². The van der Waals surface area contributed by atoms with Gasteiger partial charge in [-0.25, -0.2) is 0 Å². The van der Waals surface area contributed by atoms with E-state index < -0.39 is 0 Å². The van der Waals surface area contributed by atoms with Crippen LogP contribution in [0, 0.1) is 11.3 Å². The van der Waals surface area contributed by atoms with Gasteiger partial charge in [-0.15, -0.1) is 0 Å².